The van der Waals surface area contributed by atoms with E-state index in [1.807, 2.05) is 31.2 Å². The maximum absolute atomic E-state index is 7.08. The molecule has 1 aromatic carbocycles. The Morgan fingerprint density at radius 3 is 2.40 bits per heavy atom. The summed E-state index contributed by atoms with van der Waals surface area (Å²) in [6.45, 7) is 1.99. The summed E-state index contributed by atoms with van der Waals surface area (Å²) in [7, 11) is 0. The van der Waals surface area contributed by atoms with Gasteiger partial charge in [-0.3, -0.25) is 0 Å². The van der Waals surface area contributed by atoms with Crippen LogP contribution in [0.5, 0.6) is 0 Å². The fourth-order valence-electron chi connectivity index (χ4n) is 0.606. The minimum absolute atomic E-state index is 0. The summed E-state index contributed by atoms with van der Waals surface area (Å²) in [5, 5.41) is 0. The molecule has 2 heteroatoms. The van der Waals surface area contributed by atoms with Crippen molar-refractivity contribution in [2.75, 3.05) is 0 Å². The van der Waals surface area contributed by atoms with Crippen LogP contribution in [0.25, 0.3) is 0 Å². The molecule has 0 nitrogen and oxygen atoms in total. The molecule has 0 heterocycles. The number of rotatable bonds is 1. The Hall–Kier alpha value is 0.259. The molecule has 10 heavy (non-hydrogen) atoms. The second-order valence-electron chi connectivity index (χ2n) is 1.92. The van der Waals surface area contributed by atoms with Crippen LogP contribution in [0, 0.1) is 6.92 Å². The average Bonchev–Trinajstić information content (AvgIpc) is 1.91. The van der Waals surface area contributed by atoms with Gasteiger partial charge in [-0.05, 0) is 0 Å². The number of hydrogen-bond donors (Lipinski definition) is 0. The summed E-state index contributed by atoms with van der Waals surface area (Å²) in [6.07, 6.45) is 0. The molecule has 0 bridgehead atoms. The van der Waals surface area contributed by atoms with Crippen LogP contribution in [0.3, 0.4) is 0 Å². The quantitative estimate of drug-likeness (QED) is 0.666. The first-order valence-electron chi connectivity index (χ1n) is 4.23. The zero-order chi connectivity index (χ0) is 9.19. The molecule has 0 spiro atoms. The van der Waals surface area contributed by atoms with Gasteiger partial charge in [0.05, 0.1) is 0 Å². The molecule has 0 amide bonds. The van der Waals surface area contributed by atoms with Crippen LogP contribution in [-0.2, 0) is 0 Å². The van der Waals surface area contributed by atoms with Crippen molar-refractivity contribution < 1.29 is 4.11 Å². The molecule has 1 rings (SSSR count). The van der Waals surface area contributed by atoms with Crippen LogP contribution >= 0.6 is 0 Å². The average molecular weight is 267 g/mol. The molecule has 0 aromatic heterocycles. The molecule has 0 atom stereocenters. The molecule has 0 aliphatic heterocycles. The van der Waals surface area contributed by atoms with Crippen LogP contribution in [0.4, 0.5) is 0 Å². The van der Waals surface area contributed by atoms with Gasteiger partial charge in [-0.1, -0.05) is 0 Å². The maximum Gasteiger partial charge on any atom is 0 e. The zero-order valence-corrected chi connectivity index (χ0v) is 9.05. The molecule has 0 N–H and O–H groups in total. The van der Waals surface area contributed by atoms with Crippen LogP contribution in [0.2, 0.25) is 5.75 Å². The monoisotopic (exact) mass is 269 g/mol. The van der Waals surface area contributed by atoms with Gasteiger partial charge >= 0.3 is 66.0 Å². The number of aryl methyl sites for hydroxylation is 1. The summed E-state index contributed by atoms with van der Waals surface area (Å²) in [4.78, 5) is 0. The molecule has 0 fully saturated rings. The van der Waals surface area contributed by atoms with Gasteiger partial charge < -0.3 is 0 Å². The van der Waals surface area contributed by atoms with E-state index >= 15 is 0 Å². The molecular formula is C8H10Se2. The Labute approximate surface area is 83.3 Å². The topological polar surface area (TPSA) is 0 Å². The molecule has 0 aliphatic carbocycles. The van der Waals surface area contributed by atoms with E-state index in [4.69, 9.17) is 4.11 Å². The van der Waals surface area contributed by atoms with Crippen molar-refractivity contribution in [1.29, 1.82) is 0 Å². The van der Waals surface area contributed by atoms with Crippen LogP contribution < -0.4 is 4.46 Å². The van der Waals surface area contributed by atoms with Crippen molar-refractivity contribution in [1.82, 2.24) is 0 Å². The predicted octanol–water partition coefficient (Wildman–Crippen LogP) is 0.992. The van der Waals surface area contributed by atoms with E-state index in [0.29, 0.717) is 0 Å². The third-order valence-corrected chi connectivity index (χ3v) is 2.20. The molecule has 0 saturated carbocycles. The Kier molecular flexibility index (Phi) is 2.92. The fraction of sp³-hybridized carbons (Fsp3) is 0.250. The Balaban J connectivity index is 0.00000144. The van der Waals surface area contributed by atoms with Crippen molar-refractivity contribution in [3.05, 3.63) is 29.8 Å². The molecular weight excluding hydrogens is 254 g/mol. The van der Waals surface area contributed by atoms with Gasteiger partial charge in [-0.25, -0.2) is 0 Å². The third kappa shape index (κ3) is 2.90. The second kappa shape index (κ2) is 4.98. The largest absolute Gasteiger partial charge is 0 e. The van der Waals surface area contributed by atoms with E-state index in [1.54, 1.807) is 0 Å². The summed E-state index contributed by atoms with van der Waals surface area (Å²) in [6, 6.07) is 7.68. The minimum Gasteiger partial charge on any atom is 0 e. The van der Waals surface area contributed by atoms with Crippen molar-refractivity contribution >= 4 is 36.5 Å². The van der Waals surface area contributed by atoms with E-state index in [1.165, 1.54) is 5.56 Å². The minimum atomic E-state index is -1.79. The number of hydrogen-bond acceptors (Lipinski definition) is 0. The van der Waals surface area contributed by atoms with Gasteiger partial charge in [-0.15, -0.1) is 0 Å². The first-order valence-corrected chi connectivity index (χ1v) is 4.44. The normalized spacial score (nSPS) is 14.3. The van der Waals surface area contributed by atoms with Crippen LogP contribution in [-0.4, -0.2) is 32.0 Å². The molecule has 1 aromatic rings. The fourth-order valence-corrected chi connectivity index (χ4v) is 1.18. The van der Waals surface area contributed by atoms with Gasteiger partial charge in [0.15, 0.2) is 0 Å². The summed E-state index contributed by atoms with van der Waals surface area (Å²) < 4.78 is 22.2. The number of benzene rings is 1. The smallest absolute Gasteiger partial charge is 0 e. The Morgan fingerprint density at radius 1 is 1.30 bits per heavy atom. The summed E-state index contributed by atoms with van der Waals surface area (Å²) in [5.74, 6) is -1.79. The molecule has 0 unspecified atom stereocenters. The van der Waals surface area contributed by atoms with Gasteiger partial charge in [0.2, 0.25) is 0 Å². The standard InChI is InChI=1S/C8H10Se.Se/c1-7-3-5-8(9-2)6-4-7;/h3-6H,1-2H3;/i2D3;. The van der Waals surface area contributed by atoms with E-state index < -0.39 is 20.7 Å². The van der Waals surface area contributed by atoms with Gasteiger partial charge in [0, 0.05) is 17.1 Å². The van der Waals surface area contributed by atoms with Gasteiger partial charge in [0.1, 0.15) is 0 Å². The van der Waals surface area contributed by atoms with E-state index in [2.05, 4.69) is 0 Å². The van der Waals surface area contributed by atoms with E-state index in [0.717, 1.165) is 4.46 Å². The SMILES string of the molecule is [2H]C([2H])([2H])[Se]c1ccc(C)cc1.[Se]. The molecule has 54 valence electrons. The first-order chi connectivity index (χ1) is 5.47. The summed E-state index contributed by atoms with van der Waals surface area (Å²) >= 11 is -0.402. The van der Waals surface area contributed by atoms with Crippen molar-refractivity contribution in [3.63, 3.8) is 0 Å². The van der Waals surface area contributed by atoms with Crippen LogP contribution in [0.1, 0.15) is 9.68 Å². The van der Waals surface area contributed by atoms with Crippen LogP contribution in [0.15, 0.2) is 24.3 Å². The zero-order valence-electron chi connectivity index (χ0n) is 8.63. The van der Waals surface area contributed by atoms with E-state index in [-0.39, 0.29) is 17.1 Å². The third-order valence-electron chi connectivity index (χ3n) is 1.14. The van der Waals surface area contributed by atoms with Crippen molar-refractivity contribution in [2.45, 2.75) is 12.7 Å². The predicted molar refractivity (Wildman–Crippen MR) is 48.2 cm³/mol. The van der Waals surface area contributed by atoms with Gasteiger partial charge in [-0.2, -0.15) is 0 Å². The first kappa shape index (κ1) is 5.85. The molecule has 2 radical (unpaired) electrons. The Bertz CT molecular complexity index is 253. The van der Waals surface area contributed by atoms with Crippen molar-refractivity contribution in [2.24, 2.45) is 0 Å². The van der Waals surface area contributed by atoms with E-state index in [9.17, 15) is 0 Å². The molecule has 0 saturated heterocycles. The Morgan fingerprint density at radius 2 is 1.90 bits per heavy atom. The molecule has 0 aliphatic rings. The van der Waals surface area contributed by atoms with Crippen molar-refractivity contribution in [3.8, 4) is 0 Å². The second-order valence-corrected chi connectivity index (χ2v) is 3.33. The maximum atomic E-state index is 7.08. The van der Waals surface area contributed by atoms with Gasteiger partial charge in [0.25, 0.3) is 0 Å². The summed E-state index contributed by atoms with van der Waals surface area (Å²) in [5.41, 5.74) is 1.17.